The topological polar surface area (TPSA) is 29.5 Å². The summed E-state index contributed by atoms with van der Waals surface area (Å²) in [7, 11) is 0. The van der Waals surface area contributed by atoms with Gasteiger partial charge in [0.05, 0.1) is 12.1 Å². The van der Waals surface area contributed by atoms with E-state index in [0.717, 1.165) is 0 Å². The largest absolute Gasteiger partial charge is 0.448 e. The van der Waals surface area contributed by atoms with Crippen molar-refractivity contribution in [2.45, 2.75) is 33.2 Å². The Hall–Kier alpha value is -0.800. The molecule has 4 heteroatoms. The summed E-state index contributed by atoms with van der Waals surface area (Å²) in [5.74, 6) is 0. The van der Waals surface area contributed by atoms with Gasteiger partial charge in [-0.15, -0.1) is 5.12 Å². The van der Waals surface area contributed by atoms with Crippen molar-refractivity contribution >= 4 is 6.09 Å². The number of amides is 1. The van der Waals surface area contributed by atoms with Crippen LogP contribution in [0, 0.1) is 0 Å². The Kier molecular flexibility index (Phi) is 3.29. The predicted molar refractivity (Wildman–Crippen MR) is 39.7 cm³/mol. The van der Waals surface area contributed by atoms with Gasteiger partial charge in [0.25, 0.3) is 0 Å². The van der Waals surface area contributed by atoms with Crippen molar-refractivity contribution in [1.29, 1.82) is 0 Å². The Morgan fingerprint density at radius 3 is 2.27 bits per heavy atom. The second-order valence-electron chi connectivity index (χ2n) is 3.15. The van der Waals surface area contributed by atoms with Gasteiger partial charge in [0.15, 0.2) is 0 Å². The van der Waals surface area contributed by atoms with E-state index < -0.39 is 11.6 Å². The second-order valence-corrected chi connectivity index (χ2v) is 3.15. The number of hydrogen-bond donors (Lipinski definition) is 0. The molecule has 0 N–H and O–H groups in total. The minimum atomic E-state index is -0.931. The maximum atomic E-state index is 12.8. The molecule has 3 nitrogen and oxygen atoms in total. The molecule has 0 heterocycles. The molecular formula is C7H14FNO2. The van der Waals surface area contributed by atoms with Crippen molar-refractivity contribution in [2.24, 2.45) is 0 Å². The first-order valence-electron chi connectivity index (χ1n) is 3.52. The molecule has 0 bridgehead atoms. The number of hydrogen-bond acceptors (Lipinski definition) is 2. The number of carbonyl (C=O) groups excluding carboxylic acids is 1. The minimum Gasteiger partial charge on any atom is -0.448 e. The molecule has 1 amide bonds. The zero-order valence-electron chi connectivity index (χ0n) is 7.35. The molecule has 0 fully saturated rings. The van der Waals surface area contributed by atoms with Gasteiger partial charge < -0.3 is 4.74 Å². The van der Waals surface area contributed by atoms with E-state index in [1.165, 1.54) is 0 Å². The van der Waals surface area contributed by atoms with Crippen molar-refractivity contribution < 1.29 is 14.0 Å². The highest BCUT2D eigenvalue weighted by Crippen LogP contribution is 2.14. The highest BCUT2D eigenvalue weighted by Gasteiger charge is 2.27. The quantitative estimate of drug-likeness (QED) is 0.554. The van der Waals surface area contributed by atoms with Crippen LogP contribution in [0.15, 0.2) is 0 Å². The lowest BCUT2D eigenvalue weighted by Gasteiger charge is -2.25. The normalized spacial score (nSPS) is 11.0. The second kappa shape index (κ2) is 3.55. The van der Waals surface area contributed by atoms with Crippen LogP contribution in [-0.4, -0.2) is 23.4 Å². The summed E-state index contributed by atoms with van der Waals surface area (Å²) in [5, 5.41) is 0.0799. The van der Waals surface area contributed by atoms with Crippen molar-refractivity contribution in [2.75, 3.05) is 6.61 Å². The molecule has 0 aromatic carbocycles. The molecule has 0 aliphatic carbocycles. The van der Waals surface area contributed by atoms with E-state index in [1.807, 2.05) is 0 Å². The van der Waals surface area contributed by atoms with Crippen LogP contribution >= 0.6 is 0 Å². The highest BCUT2D eigenvalue weighted by atomic mass is 19.2. The molecule has 66 valence electrons. The predicted octanol–water partition coefficient (Wildman–Crippen LogP) is 2.13. The van der Waals surface area contributed by atoms with Gasteiger partial charge in [-0.2, -0.15) is 0 Å². The fraction of sp³-hybridized carbons (Fsp3) is 0.857. The summed E-state index contributed by atoms with van der Waals surface area (Å²) >= 11 is 0. The van der Waals surface area contributed by atoms with Crippen LogP contribution in [0.25, 0.3) is 0 Å². The third-order valence-electron chi connectivity index (χ3n) is 1.02. The van der Waals surface area contributed by atoms with Crippen molar-refractivity contribution in [3.8, 4) is 0 Å². The smallest absolute Gasteiger partial charge is 0.438 e. The number of carbonyl (C=O) groups is 1. The molecule has 0 unspecified atom stereocenters. The van der Waals surface area contributed by atoms with Crippen molar-refractivity contribution in [3.63, 3.8) is 0 Å². The first kappa shape index (κ1) is 10.2. The molecule has 0 aromatic rings. The number of ether oxygens (including phenoxy) is 1. The molecule has 11 heavy (non-hydrogen) atoms. The Balaban J connectivity index is 4.03. The van der Waals surface area contributed by atoms with Crippen molar-refractivity contribution in [1.82, 2.24) is 5.12 Å². The fourth-order valence-electron chi connectivity index (χ4n) is 0.454. The average Bonchev–Trinajstić information content (AvgIpc) is 1.85. The summed E-state index contributed by atoms with van der Waals surface area (Å²) in [5.41, 5.74) is -0.827. The first-order valence-corrected chi connectivity index (χ1v) is 3.52. The van der Waals surface area contributed by atoms with Crippen LogP contribution in [0.3, 0.4) is 0 Å². The third-order valence-corrected chi connectivity index (χ3v) is 1.02. The van der Waals surface area contributed by atoms with Crippen LogP contribution in [0.4, 0.5) is 9.28 Å². The van der Waals surface area contributed by atoms with Crippen LogP contribution in [0.2, 0.25) is 0 Å². The van der Waals surface area contributed by atoms with Gasteiger partial charge in [-0.05, 0) is 27.7 Å². The lowest BCUT2D eigenvalue weighted by Crippen LogP contribution is -2.39. The summed E-state index contributed by atoms with van der Waals surface area (Å²) in [4.78, 5) is 10.7. The van der Waals surface area contributed by atoms with Crippen LogP contribution < -0.4 is 0 Å². The number of nitrogens with zero attached hydrogens (tertiary/aromatic N) is 1. The van der Waals surface area contributed by atoms with E-state index in [-0.39, 0.29) is 11.7 Å². The molecule has 0 saturated carbocycles. The van der Waals surface area contributed by atoms with E-state index in [2.05, 4.69) is 4.74 Å². The van der Waals surface area contributed by atoms with Crippen molar-refractivity contribution in [3.05, 3.63) is 0 Å². The zero-order chi connectivity index (χ0) is 9.07. The van der Waals surface area contributed by atoms with Crippen LogP contribution in [-0.2, 0) is 4.74 Å². The molecule has 0 spiro atoms. The summed E-state index contributed by atoms with van der Waals surface area (Å²) in [6, 6.07) is 0. The molecule has 0 radical (unpaired) electrons. The van der Waals surface area contributed by atoms with Gasteiger partial charge in [-0.25, -0.2) is 4.79 Å². The Morgan fingerprint density at radius 2 is 2.00 bits per heavy atom. The van der Waals surface area contributed by atoms with Crippen LogP contribution in [0.5, 0.6) is 0 Å². The minimum absolute atomic E-state index is 0.0799. The Bertz CT molecular complexity index is 142. The summed E-state index contributed by atoms with van der Waals surface area (Å²) < 4.78 is 17.3. The monoisotopic (exact) mass is 163 g/mol. The summed E-state index contributed by atoms with van der Waals surface area (Å²) in [6.45, 7) is 6.58. The van der Waals surface area contributed by atoms with Gasteiger partial charge in [-0.1, -0.05) is 4.48 Å². The first-order chi connectivity index (χ1) is 4.89. The Labute approximate surface area is 66.1 Å². The average molecular weight is 163 g/mol. The third kappa shape index (κ3) is 3.20. The molecule has 0 aliphatic rings. The molecule has 0 aliphatic heterocycles. The molecule has 0 saturated heterocycles. The van der Waals surface area contributed by atoms with Gasteiger partial charge in [0.2, 0.25) is 0 Å². The standard InChI is InChI=1S/C7H14FNO2/c1-5-11-6(10)9(8)7(2,3)4/h5H2,1-4H3. The molecular weight excluding hydrogens is 149 g/mol. The van der Waals surface area contributed by atoms with Crippen LogP contribution in [0.1, 0.15) is 27.7 Å². The van der Waals surface area contributed by atoms with Gasteiger partial charge >= 0.3 is 6.09 Å². The van der Waals surface area contributed by atoms with E-state index in [1.54, 1.807) is 27.7 Å². The number of halogens is 1. The van der Waals surface area contributed by atoms with E-state index >= 15 is 0 Å². The van der Waals surface area contributed by atoms with Gasteiger partial charge in [0.1, 0.15) is 0 Å². The maximum Gasteiger partial charge on any atom is 0.438 e. The zero-order valence-corrected chi connectivity index (χ0v) is 7.35. The van der Waals surface area contributed by atoms with E-state index in [0.29, 0.717) is 0 Å². The van der Waals surface area contributed by atoms with E-state index in [9.17, 15) is 9.28 Å². The van der Waals surface area contributed by atoms with Gasteiger partial charge in [-0.3, -0.25) is 0 Å². The molecule has 0 aromatic heterocycles. The molecule has 0 rings (SSSR count). The SMILES string of the molecule is CCOC(=O)N(F)C(C)(C)C. The highest BCUT2D eigenvalue weighted by molar-refractivity contribution is 5.66. The fourth-order valence-corrected chi connectivity index (χ4v) is 0.454. The Morgan fingerprint density at radius 1 is 1.55 bits per heavy atom. The lowest BCUT2D eigenvalue weighted by molar-refractivity contribution is -0.0466. The number of rotatable bonds is 1. The maximum absolute atomic E-state index is 12.8. The molecule has 0 atom stereocenters. The lowest BCUT2D eigenvalue weighted by atomic mass is 10.1. The summed E-state index contributed by atoms with van der Waals surface area (Å²) in [6.07, 6.45) is -0.931. The van der Waals surface area contributed by atoms with E-state index in [4.69, 9.17) is 0 Å². The van der Waals surface area contributed by atoms with Gasteiger partial charge in [0, 0.05) is 0 Å².